The van der Waals surface area contributed by atoms with Crippen LogP contribution in [0.15, 0.2) is 11.6 Å². The largest absolute Gasteiger partial charge is 0.380 e. The molecule has 1 unspecified atom stereocenters. The maximum absolute atomic E-state index is 5.47. The molecule has 1 aliphatic carbocycles. The number of nitrogens with one attached hydrogen (secondary N) is 1. The molecule has 0 saturated heterocycles. The monoisotopic (exact) mass is 198 g/mol. The Balaban J connectivity index is 2.27. The molecule has 3 heteroatoms. The third kappa shape index (κ3) is 4.22. The van der Waals surface area contributed by atoms with E-state index in [-0.39, 0.29) is 6.04 Å². The molecule has 0 fully saturated rings. The summed E-state index contributed by atoms with van der Waals surface area (Å²) in [5.74, 6) is 5.47. The average molecular weight is 198 g/mol. The Hall–Kier alpha value is -0.380. The van der Waals surface area contributed by atoms with Gasteiger partial charge >= 0.3 is 0 Å². The summed E-state index contributed by atoms with van der Waals surface area (Å²) in [7, 11) is 0. The zero-order valence-electron chi connectivity index (χ0n) is 9.09. The highest BCUT2D eigenvalue weighted by Gasteiger charge is 2.11. The van der Waals surface area contributed by atoms with Gasteiger partial charge in [0, 0.05) is 12.6 Å². The smallest absolute Gasteiger partial charge is 0.0636 e. The summed E-state index contributed by atoms with van der Waals surface area (Å²) in [4.78, 5) is 0. The van der Waals surface area contributed by atoms with Crippen LogP contribution in [0.25, 0.3) is 0 Å². The molecule has 1 atom stereocenters. The van der Waals surface area contributed by atoms with Crippen molar-refractivity contribution < 1.29 is 4.74 Å². The van der Waals surface area contributed by atoms with Crippen molar-refractivity contribution in [3.05, 3.63) is 11.6 Å². The van der Waals surface area contributed by atoms with Crippen molar-refractivity contribution in [2.45, 2.75) is 45.1 Å². The van der Waals surface area contributed by atoms with Crippen LogP contribution in [-0.4, -0.2) is 19.3 Å². The van der Waals surface area contributed by atoms with Crippen LogP contribution in [0.4, 0.5) is 0 Å². The van der Waals surface area contributed by atoms with E-state index in [1.54, 1.807) is 5.57 Å². The Kier molecular flexibility index (Phi) is 5.83. The highest BCUT2D eigenvalue weighted by molar-refractivity contribution is 5.06. The summed E-state index contributed by atoms with van der Waals surface area (Å²) in [5, 5.41) is 0. The maximum Gasteiger partial charge on any atom is 0.0636 e. The molecule has 1 rings (SSSR count). The first kappa shape index (κ1) is 11.7. The number of hydrogen-bond donors (Lipinski definition) is 2. The van der Waals surface area contributed by atoms with Crippen LogP contribution in [-0.2, 0) is 4.74 Å². The van der Waals surface area contributed by atoms with E-state index in [1.165, 1.54) is 25.7 Å². The van der Waals surface area contributed by atoms with Crippen LogP contribution in [0.3, 0.4) is 0 Å². The number of nitrogens with two attached hydrogens (primary N) is 1. The molecule has 0 spiro atoms. The summed E-state index contributed by atoms with van der Waals surface area (Å²) in [5.41, 5.74) is 4.36. The van der Waals surface area contributed by atoms with Crippen molar-refractivity contribution in [1.82, 2.24) is 5.43 Å². The molecule has 0 aliphatic heterocycles. The maximum atomic E-state index is 5.47. The van der Waals surface area contributed by atoms with Gasteiger partial charge in [-0.3, -0.25) is 11.3 Å². The molecule has 0 aromatic heterocycles. The third-order valence-electron chi connectivity index (χ3n) is 2.65. The van der Waals surface area contributed by atoms with Gasteiger partial charge in [-0.25, -0.2) is 0 Å². The van der Waals surface area contributed by atoms with Gasteiger partial charge in [-0.2, -0.15) is 0 Å². The second-order valence-electron chi connectivity index (χ2n) is 3.84. The molecular weight excluding hydrogens is 176 g/mol. The highest BCUT2D eigenvalue weighted by Crippen LogP contribution is 2.21. The zero-order valence-corrected chi connectivity index (χ0v) is 9.09. The summed E-state index contributed by atoms with van der Waals surface area (Å²) in [6.45, 7) is 3.48. The molecule has 0 radical (unpaired) electrons. The second kappa shape index (κ2) is 6.98. The molecule has 0 aromatic carbocycles. The predicted octanol–water partition coefficient (Wildman–Crippen LogP) is 1.75. The first-order valence-electron chi connectivity index (χ1n) is 5.58. The van der Waals surface area contributed by atoms with Crippen molar-refractivity contribution in [3.63, 3.8) is 0 Å². The number of rotatable bonds is 6. The first-order chi connectivity index (χ1) is 6.86. The molecule has 0 heterocycles. The van der Waals surface area contributed by atoms with Crippen molar-refractivity contribution >= 4 is 0 Å². The Labute approximate surface area is 86.7 Å². The van der Waals surface area contributed by atoms with Gasteiger partial charge in [0.05, 0.1) is 6.61 Å². The van der Waals surface area contributed by atoms with Crippen LogP contribution >= 0.6 is 0 Å². The SMILES string of the molecule is CCOCC(CC1=CCCCC1)NN. The fraction of sp³-hybridized carbons (Fsp3) is 0.818. The van der Waals surface area contributed by atoms with Crippen LogP contribution in [0.1, 0.15) is 39.0 Å². The lowest BCUT2D eigenvalue weighted by atomic mass is 9.95. The van der Waals surface area contributed by atoms with E-state index in [0.29, 0.717) is 6.61 Å². The molecule has 1 aliphatic rings. The van der Waals surface area contributed by atoms with E-state index >= 15 is 0 Å². The van der Waals surface area contributed by atoms with Crippen molar-refractivity contribution in [2.24, 2.45) is 5.84 Å². The lowest BCUT2D eigenvalue weighted by molar-refractivity contribution is 0.122. The van der Waals surface area contributed by atoms with Crippen LogP contribution in [0.5, 0.6) is 0 Å². The van der Waals surface area contributed by atoms with E-state index in [9.17, 15) is 0 Å². The number of hydrogen-bond acceptors (Lipinski definition) is 3. The molecule has 3 N–H and O–H groups in total. The minimum atomic E-state index is 0.277. The molecule has 0 saturated carbocycles. The van der Waals surface area contributed by atoms with Gasteiger partial charge in [0.1, 0.15) is 0 Å². The summed E-state index contributed by atoms with van der Waals surface area (Å²) in [6, 6.07) is 0.277. The van der Waals surface area contributed by atoms with Gasteiger partial charge in [-0.15, -0.1) is 0 Å². The van der Waals surface area contributed by atoms with Gasteiger partial charge < -0.3 is 4.74 Å². The zero-order chi connectivity index (χ0) is 10.2. The summed E-state index contributed by atoms with van der Waals surface area (Å²) in [6.07, 6.45) is 8.55. The molecule has 0 aromatic rings. The highest BCUT2D eigenvalue weighted by atomic mass is 16.5. The van der Waals surface area contributed by atoms with Crippen molar-refractivity contribution in [3.8, 4) is 0 Å². The normalized spacial score (nSPS) is 19.1. The summed E-state index contributed by atoms with van der Waals surface area (Å²) < 4.78 is 5.36. The molecule has 0 amide bonds. The second-order valence-corrected chi connectivity index (χ2v) is 3.84. The fourth-order valence-electron chi connectivity index (χ4n) is 1.83. The van der Waals surface area contributed by atoms with Crippen molar-refractivity contribution in [2.75, 3.05) is 13.2 Å². The standard InChI is InChI=1S/C11H22N2O/c1-2-14-9-11(13-12)8-10-6-4-3-5-7-10/h6,11,13H,2-5,7-9,12H2,1H3. The Bertz CT molecular complexity index is 180. The minimum Gasteiger partial charge on any atom is -0.380 e. The lowest BCUT2D eigenvalue weighted by Gasteiger charge is -2.19. The van der Waals surface area contributed by atoms with Crippen LogP contribution < -0.4 is 11.3 Å². The van der Waals surface area contributed by atoms with Gasteiger partial charge in [0.25, 0.3) is 0 Å². The van der Waals surface area contributed by atoms with E-state index in [2.05, 4.69) is 11.5 Å². The molecule has 3 nitrogen and oxygen atoms in total. The Morgan fingerprint density at radius 3 is 3.00 bits per heavy atom. The van der Waals surface area contributed by atoms with Crippen LogP contribution in [0, 0.1) is 0 Å². The van der Waals surface area contributed by atoms with E-state index in [4.69, 9.17) is 10.6 Å². The third-order valence-corrected chi connectivity index (χ3v) is 2.65. The quantitative estimate of drug-likeness (QED) is 0.388. The van der Waals surface area contributed by atoms with Gasteiger partial charge in [0.15, 0.2) is 0 Å². The van der Waals surface area contributed by atoms with E-state index in [0.717, 1.165) is 13.0 Å². The fourth-order valence-corrected chi connectivity index (χ4v) is 1.83. The van der Waals surface area contributed by atoms with Crippen molar-refractivity contribution in [1.29, 1.82) is 0 Å². The van der Waals surface area contributed by atoms with Gasteiger partial charge in [0.2, 0.25) is 0 Å². The predicted molar refractivity (Wildman–Crippen MR) is 58.8 cm³/mol. The lowest BCUT2D eigenvalue weighted by Crippen LogP contribution is -2.39. The first-order valence-corrected chi connectivity index (χ1v) is 5.58. The molecule has 82 valence electrons. The van der Waals surface area contributed by atoms with Gasteiger partial charge in [-0.05, 0) is 39.0 Å². The number of ether oxygens (including phenoxy) is 1. The Morgan fingerprint density at radius 2 is 2.43 bits per heavy atom. The van der Waals surface area contributed by atoms with E-state index < -0.39 is 0 Å². The molecular formula is C11H22N2O. The average Bonchev–Trinajstić information content (AvgIpc) is 2.25. The topological polar surface area (TPSA) is 47.3 Å². The molecule has 14 heavy (non-hydrogen) atoms. The van der Waals surface area contributed by atoms with E-state index in [1.807, 2.05) is 6.92 Å². The van der Waals surface area contributed by atoms with Crippen LogP contribution in [0.2, 0.25) is 0 Å². The van der Waals surface area contributed by atoms with Gasteiger partial charge in [-0.1, -0.05) is 11.6 Å². The minimum absolute atomic E-state index is 0.277. The summed E-state index contributed by atoms with van der Waals surface area (Å²) >= 11 is 0. The Morgan fingerprint density at radius 1 is 1.57 bits per heavy atom. The number of allylic oxidation sites excluding steroid dienone is 1. The number of hydrazine groups is 1. The molecule has 0 bridgehead atoms.